The molecular weight excluding hydrogens is 244 g/mol. The number of rotatable bonds is 4. The summed E-state index contributed by atoms with van der Waals surface area (Å²) in [5.41, 5.74) is 5.19. The van der Waals surface area contributed by atoms with Gasteiger partial charge in [-0.2, -0.15) is 0 Å². The summed E-state index contributed by atoms with van der Waals surface area (Å²) >= 11 is 5.85. The maximum absolute atomic E-state index is 12.0. The first-order chi connectivity index (χ1) is 7.95. The normalized spacial score (nSPS) is 10.0. The van der Waals surface area contributed by atoms with Crippen molar-refractivity contribution in [1.29, 1.82) is 0 Å². The predicted molar refractivity (Wildman–Crippen MR) is 63.9 cm³/mol. The van der Waals surface area contributed by atoms with Crippen LogP contribution in [0, 0.1) is 0 Å². The maximum atomic E-state index is 12.0. The molecule has 0 spiro atoms. The molecule has 0 fully saturated rings. The summed E-state index contributed by atoms with van der Waals surface area (Å²) in [6.45, 7) is 1.87. The van der Waals surface area contributed by atoms with E-state index in [9.17, 15) is 14.7 Å². The van der Waals surface area contributed by atoms with Crippen molar-refractivity contribution in [2.24, 2.45) is 5.73 Å². The number of nitrogens with two attached hydrogens (primary N) is 1. The van der Waals surface area contributed by atoms with Gasteiger partial charge >= 0.3 is 0 Å². The van der Waals surface area contributed by atoms with Gasteiger partial charge in [0, 0.05) is 6.54 Å². The van der Waals surface area contributed by atoms with E-state index in [1.54, 1.807) is 6.92 Å². The van der Waals surface area contributed by atoms with Gasteiger partial charge in [-0.15, -0.1) is 0 Å². The lowest BCUT2D eigenvalue weighted by atomic mass is 10.2. The number of nitrogens with zero attached hydrogens (tertiary/aromatic N) is 1. The zero-order valence-corrected chi connectivity index (χ0v) is 10.1. The summed E-state index contributed by atoms with van der Waals surface area (Å²) in [5, 5.41) is 9.52. The Morgan fingerprint density at radius 2 is 2.12 bits per heavy atom. The van der Waals surface area contributed by atoms with E-state index < -0.39 is 11.8 Å². The Labute approximate surface area is 104 Å². The molecule has 3 N–H and O–H groups in total. The molecule has 6 heteroatoms. The third-order valence-electron chi connectivity index (χ3n) is 2.20. The van der Waals surface area contributed by atoms with E-state index in [0.717, 1.165) is 0 Å². The van der Waals surface area contributed by atoms with Gasteiger partial charge in [-0.05, 0) is 25.1 Å². The van der Waals surface area contributed by atoms with Gasteiger partial charge in [0.2, 0.25) is 5.91 Å². The van der Waals surface area contributed by atoms with E-state index in [-0.39, 0.29) is 22.9 Å². The third kappa shape index (κ3) is 3.35. The van der Waals surface area contributed by atoms with Crippen LogP contribution in [0.15, 0.2) is 18.2 Å². The molecule has 17 heavy (non-hydrogen) atoms. The number of benzene rings is 1. The number of phenolic OH excluding ortho intramolecular Hbond substituents is 1. The van der Waals surface area contributed by atoms with Crippen LogP contribution in [0.4, 0.5) is 0 Å². The van der Waals surface area contributed by atoms with Crippen LogP contribution in [-0.4, -0.2) is 34.9 Å². The van der Waals surface area contributed by atoms with Crippen molar-refractivity contribution in [3.63, 3.8) is 0 Å². The maximum Gasteiger partial charge on any atom is 0.255 e. The molecule has 0 heterocycles. The second-order valence-electron chi connectivity index (χ2n) is 3.45. The van der Waals surface area contributed by atoms with Crippen LogP contribution in [0.1, 0.15) is 17.3 Å². The highest BCUT2D eigenvalue weighted by molar-refractivity contribution is 6.33. The van der Waals surface area contributed by atoms with Crippen molar-refractivity contribution in [2.45, 2.75) is 6.92 Å². The Bertz CT molecular complexity index is 448. The molecule has 0 atom stereocenters. The minimum atomic E-state index is -0.600. The Hall–Kier alpha value is -1.75. The van der Waals surface area contributed by atoms with Crippen molar-refractivity contribution >= 4 is 23.4 Å². The van der Waals surface area contributed by atoms with Crippen molar-refractivity contribution in [3.05, 3.63) is 28.8 Å². The lowest BCUT2D eigenvalue weighted by Crippen LogP contribution is -2.38. The smallest absolute Gasteiger partial charge is 0.255 e. The minimum absolute atomic E-state index is 0.0621. The molecule has 0 radical (unpaired) electrons. The summed E-state index contributed by atoms with van der Waals surface area (Å²) < 4.78 is 0. The summed E-state index contributed by atoms with van der Waals surface area (Å²) in [7, 11) is 0. The fourth-order valence-corrected chi connectivity index (χ4v) is 1.56. The van der Waals surface area contributed by atoms with Crippen molar-refractivity contribution < 1.29 is 14.7 Å². The standard InChI is InChI=1S/C11H13ClN2O3/c1-2-14(6-10(13)16)11(17)8-5-7(15)3-4-9(8)12/h3-5,15H,2,6H2,1H3,(H2,13,16). The van der Waals surface area contributed by atoms with Gasteiger partial charge < -0.3 is 15.7 Å². The summed E-state index contributed by atoms with van der Waals surface area (Å²) in [5.74, 6) is -1.10. The van der Waals surface area contributed by atoms with Gasteiger partial charge in [-0.1, -0.05) is 11.6 Å². The molecule has 2 amide bonds. The Balaban J connectivity index is 3.01. The molecule has 0 aliphatic heterocycles. The van der Waals surface area contributed by atoms with Crippen LogP contribution in [0.5, 0.6) is 5.75 Å². The lowest BCUT2D eigenvalue weighted by molar-refractivity contribution is -0.118. The van der Waals surface area contributed by atoms with Crippen LogP contribution < -0.4 is 5.73 Å². The number of phenols is 1. The molecule has 0 aliphatic carbocycles. The van der Waals surface area contributed by atoms with Gasteiger partial charge in [-0.25, -0.2) is 0 Å². The van der Waals surface area contributed by atoms with Gasteiger partial charge in [0.05, 0.1) is 17.1 Å². The zero-order valence-electron chi connectivity index (χ0n) is 9.31. The lowest BCUT2D eigenvalue weighted by Gasteiger charge is -2.19. The Kier molecular flexibility index (Phi) is 4.34. The number of aromatic hydroxyl groups is 1. The highest BCUT2D eigenvalue weighted by Gasteiger charge is 2.19. The molecule has 92 valence electrons. The number of carbonyl (C=O) groups is 2. The molecule has 1 aromatic rings. The van der Waals surface area contributed by atoms with Crippen LogP contribution >= 0.6 is 11.6 Å². The summed E-state index contributed by atoms with van der Waals surface area (Å²) in [6.07, 6.45) is 0. The molecule has 0 unspecified atom stereocenters. The van der Waals surface area contributed by atoms with Crippen molar-refractivity contribution in [3.8, 4) is 5.75 Å². The number of likely N-dealkylation sites (N-methyl/N-ethyl adjacent to an activating group) is 1. The van der Waals surface area contributed by atoms with Crippen molar-refractivity contribution in [1.82, 2.24) is 4.90 Å². The van der Waals surface area contributed by atoms with E-state index >= 15 is 0 Å². The zero-order chi connectivity index (χ0) is 13.0. The van der Waals surface area contributed by atoms with E-state index in [4.69, 9.17) is 17.3 Å². The van der Waals surface area contributed by atoms with Crippen LogP contribution in [-0.2, 0) is 4.79 Å². The quantitative estimate of drug-likeness (QED) is 0.843. The van der Waals surface area contributed by atoms with Crippen LogP contribution in [0.2, 0.25) is 5.02 Å². The molecule has 0 saturated carbocycles. The third-order valence-corrected chi connectivity index (χ3v) is 2.53. The predicted octanol–water partition coefficient (Wildman–Crippen LogP) is 0.993. The average Bonchev–Trinajstić information content (AvgIpc) is 2.28. The highest BCUT2D eigenvalue weighted by Crippen LogP contribution is 2.22. The number of amides is 2. The largest absolute Gasteiger partial charge is 0.508 e. The molecule has 5 nitrogen and oxygen atoms in total. The summed E-state index contributed by atoms with van der Waals surface area (Å²) in [4.78, 5) is 24.1. The fraction of sp³-hybridized carbons (Fsp3) is 0.273. The van der Waals surface area contributed by atoms with Crippen LogP contribution in [0.25, 0.3) is 0 Å². The van der Waals surface area contributed by atoms with E-state index in [1.165, 1.54) is 23.1 Å². The molecule has 0 saturated heterocycles. The number of halogens is 1. The van der Waals surface area contributed by atoms with Gasteiger partial charge in [-0.3, -0.25) is 9.59 Å². The average molecular weight is 257 g/mol. The monoisotopic (exact) mass is 256 g/mol. The number of hydrogen-bond acceptors (Lipinski definition) is 3. The second-order valence-corrected chi connectivity index (χ2v) is 3.86. The number of carbonyl (C=O) groups excluding carboxylic acids is 2. The van der Waals surface area contributed by atoms with E-state index in [1.807, 2.05) is 0 Å². The molecule has 1 rings (SSSR count). The molecule has 0 bridgehead atoms. The van der Waals surface area contributed by atoms with Gasteiger partial charge in [0.1, 0.15) is 5.75 Å². The number of hydrogen-bond donors (Lipinski definition) is 2. The number of primary amides is 1. The Morgan fingerprint density at radius 3 is 2.65 bits per heavy atom. The fourth-order valence-electron chi connectivity index (χ4n) is 1.36. The first-order valence-corrected chi connectivity index (χ1v) is 5.39. The topological polar surface area (TPSA) is 83.6 Å². The molecule has 0 aliphatic rings. The van der Waals surface area contributed by atoms with Crippen LogP contribution in [0.3, 0.4) is 0 Å². The van der Waals surface area contributed by atoms with E-state index in [2.05, 4.69) is 0 Å². The van der Waals surface area contributed by atoms with E-state index in [0.29, 0.717) is 6.54 Å². The van der Waals surface area contributed by atoms with Crippen molar-refractivity contribution in [2.75, 3.05) is 13.1 Å². The van der Waals surface area contributed by atoms with Gasteiger partial charge in [0.15, 0.2) is 0 Å². The highest BCUT2D eigenvalue weighted by atomic mass is 35.5. The molecule has 1 aromatic carbocycles. The minimum Gasteiger partial charge on any atom is -0.508 e. The summed E-state index contributed by atoms with van der Waals surface area (Å²) in [6, 6.07) is 4.06. The SMILES string of the molecule is CCN(CC(N)=O)C(=O)c1cc(O)ccc1Cl. The Morgan fingerprint density at radius 1 is 1.47 bits per heavy atom. The first-order valence-electron chi connectivity index (χ1n) is 5.01. The van der Waals surface area contributed by atoms with Gasteiger partial charge in [0.25, 0.3) is 5.91 Å². The second kappa shape index (κ2) is 5.54. The molecule has 0 aromatic heterocycles. The molecular formula is C11H13ClN2O3. The first kappa shape index (κ1) is 13.3.